The SMILES string of the molecule is CCOC(=O)C1=C(C)NC2=C(C(=O)[C@@H](C(=O)OCC)[C@H](c3ccc(OC)cc3)C2)[C@@H]1c1cccs1. The fourth-order valence-electron chi connectivity index (χ4n) is 4.92. The summed E-state index contributed by atoms with van der Waals surface area (Å²) in [5.74, 6) is -2.71. The predicted octanol–water partition coefficient (Wildman–Crippen LogP) is 4.47. The zero-order chi connectivity index (χ0) is 25.1. The van der Waals surface area contributed by atoms with E-state index in [0.29, 0.717) is 29.0 Å². The number of carbonyl (C=O) groups is 3. The summed E-state index contributed by atoms with van der Waals surface area (Å²) in [7, 11) is 1.59. The van der Waals surface area contributed by atoms with E-state index in [1.165, 1.54) is 11.3 Å². The van der Waals surface area contributed by atoms with Gasteiger partial charge in [-0.25, -0.2) is 4.79 Å². The van der Waals surface area contributed by atoms with Crippen molar-refractivity contribution in [1.29, 1.82) is 0 Å². The van der Waals surface area contributed by atoms with Gasteiger partial charge in [0, 0.05) is 27.8 Å². The molecule has 4 rings (SSSR count). The zero-order valence-corrected chi connectivity index (χ0v) is 21.1. The normalized spacial score (nSPS) is 21.8. The maximum atomic E-state index is 14.1. The maximum absolute atomic E-state index is 14.1. The molecule has 0 saturated carbocycles. The first kappa shape index (κ1) is 24.7. The number of hydrogen-bond donors (Lipinski definition) is 1. The van der Waals surface area contributed by atoms with Gasteiger partial charge in [0.15, 0.2) is 5.78 Å². The number of dihydropyridines is 1. The molecule has 2 aliphatic rings. The number of rotatable bonds is 7. The molecule has 184 valence electrons. The molecule has 0 amide bonds. The largest absolute Gasteiger partial charge is 0.497 e. The molecule has 1 aliphatic heterocycles. The van der Waals surface area contributed by atoms with Crippen LogP contribution in [-0.4, -0.2) is 38.0 Å². The number of carbonyl (C=O) groups excluding carboxylic acids is 3. The van der Waals surface area contributed by atoms with Gasteiger partial charge < -0.3 is 19.5 Å². The minimum absolute atomic E-state index is 0.170. The van der Waals surface area contributed by atoms with Gasteiger partial charge in [0.2, 0.25) is 0 Å². The first-order valence-electron chi connectivity index (χ1n) is 11.7. The quantitative estimate of drug-likeness (QED) is 0.448. The molecule has 8 heteroatoms. The molecule has 1 N–H and O–H groups in total. The van der Waals surface area contributed by atoms with E-state index in [4.69, 9.17) is 14.2 Å². The van der Waals surface area contributed by atoms with Gasteiger partial charge in [-0.1, -0.05) is 18.2 Å². The highest BCUT2D eigenvalue weighted by molar-refractivity contribution is 7.10. The van der Waals surface area contributed by atoms with Crippen molar-refractivity contribution in [1.82, 2.24) is 5.32 Å². The molecule has 2 heterocycles. The molecule has 0 saturated heterocycles. The minimum atomic E-state index is -1.02. The molecule has 0 radical (unpaired) electrons. The van der Waals surface area contributed by atoms with Crippen LogP contribution in [0, 0.1) is 5.92 Å². The Hall–Kier alpha value is -3.39. The third-order valence-corrected chi connectivity index (χ3v) is 7.36. The predicted molar refractivity (Wildman–Crippen MR) is 132 cm³/mol. The first-order chi connectivity index (χ1) is 16.9. The summed E-state index contributed by atoms with van der Waals surface area (Å²) < 4.78 is 16.0. The summed E-state index contributed by atoms with van der Waals surface area (Å²) in [6.07, 6.45) is 0.423. The average molecular weight is 496 g/mol. The van der Waals surface area contributed by atoms with Crippen LogP contribution in [0.15, 0.2) is 64.3 Å². The van der Waals surface area contributed by atoms with E-state index in [9.17, 15) is 14.4 Å². The van der Waals surface area contributed by atoms with E-state index in [0.717, 1.165) is 16.1 Å². The van der Waals surface area contributed by atoms with Gasteiger partial charge in [-0.15, -0.1) is 11.3 Å². The Morgan fingerprint density at radius 2 is 1.80 bits per heavy atom. The Balaban J connectivity index is 1.85. The first-order valence-corrected chi connectivity index (χ1v) is 12.5. The van der Waals surface area contributed by atoms with Gasteiger partial charge >= 0.3 is 11.9 Å². The maximum Gasteiger partial charge on any atom is 0.336 e. The number of hydrogen-bond acceptors (Lipinski definition) is 8. The number of ether oxygens (including phenoxy) is 3. The lowest BCUT2D eigenvalue weighted by Gasteiger charge is -2.39. The molecule has 35 heavy (non-hydrogen) atoms. The van der Waals surface area contributed by atoms with Crippen LogP contribution in [0.1, 0.15) is 49.5 Å². The third kappa shape index (κ3) is 4.62. The molecule has 0 bridgehead atoms. The highest BCUT2D eigenvalue weighted by Gasteiger charge is 2.49. The Bertz CT molecular complexity index is 1180. The number of nitrogens with one attached hydrogen (secondary N) is 1. The summed E-state index contributed by atoms with van der Waals surface area (Å²) in [6.45, 7) is 5.68. The second-order valence-electron chi connectivity index (χ2n) is 8.40. The average Bonchev–Trinajstić information content (AvgIpc) is 3.38. The van der Waals surface area contributed by atoms with E-state index >= 15 is 0 Å². The van der Waals surface area contributed by atoms with Gasteiger partial charge in [-0.3, -0.25) is 9.59 Å². The van der Waals surface area contributed by atoms with Crippen LogP contribution < -0.4 is 10.1 Å². The molecule has 1 aromatic heterocycles. The van der Waals surface area contributed by atoms with E-state index in [1.54, 1.807) is 21.0 Å². The molecule has 0 spiro atoms. The molecule has 0 fully saturated rings. The number of methoxy groups -OCH3 is 1. The van der Waals surface area contributed by atoms with E-state index in [-0.39, 0.29) is 19.0 Å². The summed E-state index contributed by atoms with van der Waals surface area (Å²) in [4.78, 5) is 41.1. The van der Waals surface area contributed by atoms with E-state index in [1.807, 2.05) is 48.7 Å². The number of esters is 2. The molecule has 1 aliphatic carbocycles. The minimum Gasteiger partial charge on any atom is -0.497 e. The van der Waals surface area contributed by atoms with E-state index in [2.05, 4.69) is 5.32 Å². The van der Waals surface area contributed by atoms with Crippen molar-refractivity contribution in [3.05, 3.63) is 74.8 Å². The standard InChI is InChI=1S/C27H29NO6S/c1-5-33-26(30)21-15(3)28-19-14-18(16-9-11-17(32-4)12-10-16)22(27(31)34-6-2)25(29)23(19)24(21)20-8-7-13-35-20/h7-13,18,22,24,28H,5-6,14H2,1-4H3/t18-,22-,24+/m0/s1. The topological polar surface area (TPSA) is 90.9 Å². The third-order valence-electron chi connectivity index (χ3n) is 6.43. The van der Waals surface area contributed by atoms with Crippen LogP contribution >= 0.6 is 11.3 Å². The summed E-state index contributed by atoms with van der Waals surface area (Å²) in [6, 6.07) is 11.2. The molecule has 1 aromatic carbocycles. The van der Waals surface area contributed by atoms with E-state index < -0.39 is 29.7 Å². The van der Waals surface area contributed by atoms with Gasteiger partial charge in [0.05, 0.1) is 31.8 Å². The Labute approximate surface area is 208 Å². The van der Waals surface area contributed by atoms with Crippen molar-refractivity contribution in [2.45, 2.75) is 39.0 Å². The number of benzene rings is 1. The summed E-state index contributed by atoms with van der Waals surface area (Å²) in [5.41, 5.74) is 3.05. The Morgan fingerprint density at radius 1 is 1.09 bits per heavy atom. The lowest BCUT2D eigenvalue weighted by atomic mass is 9.68. The number of ketones is 1. The fourth-order valence-corrected chi connectivity index (χ4v) is 5.76. The van der Waals surface area contributed by atoms with Gasteiger partial charge in [0.25, 0.3) is 0 Å². The van der Waals surface area contributed by atoms with Crippen molar-refractivity contribution in [2.75, 3.05) is 20.3 Å². The summed E-state index contributed by atoms with van der Waals surface area (Å²) >= 11 is 1.46. The molecule has 0 unspecified atom stereocenters. The molecular formula is C27H29NO6S. The van der Waals surface area contributed by atoms with Gasteiger partial charge in [-0.05, 0) is 56.3 Å². The van der Waals surface area contributed by atoms with Crippen LogP contribution in [0.3, 0.4) is 0 Å². The van der Waals surface area contributed by atoms with Crippen molar-refractivity contribution >= 4 is 29.1 Å². The number of thiophene rings is 1. The van der Waals surface area contributed by atoms with Crippen molar-refractivity contribution in [2.24, 2.45) is 5.92 Å². The highest BCUT2D eigenvalue weighted by Crippen LogP contribution is 2.49. The van der Waals surface area contributed by atoms with Crippen molar-refractivity contribution in [3.63, 3.8) is 0 Å². The van der Waals surface area contributed by atoms with Crippen molar-refractivity contribution in [3.8, 4) is 5.75 Å². The molecule has 3 atom stereocenters. The van der Waals surface area contributed by atoms with Crippen molar-refractivity contribution < 1.29 is 28.6 Å². The highest BCUT2D eigenvalue weighted by atomic mass is 32.1. The second kappa shape index (κ2) is 10.5. The summed E-state index contributed by atoms with van der Waals surface area (Å²) in [5, 5.41) is 5.22. The fraction of sp³-hybridized carbons (Fsp3) is 0.370. The Morgan fingerprint density at radius 3 is 2.40 bits per heavy atom. The van der Waals surface area contributed by atoms with Crippen LogP contribution in [0.4, 0.5) is 0 Å². The Kier molecular flexibility index (Phi) is 7.40. The van der Waals surface area contributed by atoms with Gasteiger partial charge in [0.1, 0.15) is 11.7 Å². The van der Waals surface area contributed by atoms with Crippen LogP contribution in [0.5, 0.6) is 5.75 Å². The lowest BCUT2D eigenvalue weighted by Crippen LogP contribution is -2.43. The smallest absolute Gasteiger partial charge is 0.336 e. The van der Waals surface area contributed by atoms with Crippen LogP contribution in [-0.2, 0) is 23.9 Å². The molecule has 2 aromatic rings. The number of allylic oxidation sites excluding steroid dienone is 3. The molecule has 7 nitrogen and oxygen atoms in total. The lowest BCUT2D eigenvalue weighted by molar-refractivity contribution is -0.152. The van der Waals surface area contributed by atoms with Gasteiger partial charge in [-0.2, -0.15) is 0 Å². The monoisotopic (exact) mass is 495 g/mol. The van der Waals surface area contributed by atoms with Crippen LogP contribution in [0.2, 0.25) is 0 Å². The van der Waals surface area contributed by atoms with Crippen LogP contribution in [0.25, 0.3) is 0 Å². The number of Topliss-reactive ketones (excluding diaryl/α,β-unsaturated/α-hetero) is 1. The zero-order valence-electron chi connectivity index (χ0n) is 20.3. The second-order valence-corrected chi connectivity index (χ2v) is 9.38. The molecular weight excluding hydrogens is 466 g/mol.